The van der Waals surface area contributed by atoms with E-state index in [1.54, 1.807) is 6.92 Å². The first-order chi connectivity index (χ1) is 10.5. The average molecular weight is 317 g/mol. The Morgan fingerprint density at radius 1 is 1.36 bits per heavy atom. The molecule has 0 atom stereocenters. The number of carbonyl (C=O) groups excluding carboxylic acids is 1. The highest BCUT2D eigenvalue weighted by Crippen LogP contribution is 2.34. The van der Waals surface area contributed by atoms with Crippen LogP contribution in [-0.4, -0.2) is 17.2 Å². The molecule has 0 saturated heterocycles. The summed E-state index contributed by atoms with van der Waals surface area (Å²) in [5, 5.41) is 11.7. The van der Waals surface area contributed by atoms with Gasteiger partial charge >= 0.3 is 12.1 Å². The first kappa shape index (κ1) is 15.8. The van der Waals surface area contributed by atoms with E-state index in [2.05, 4.69) is 11.9 Å². The number of aryl methyl sites for hydroxylation is 1. The van der Waals surface area contributed by atoms with E-state index in [9.17, 15) is 14.7 Å². The lowest BCUT2D eigenvalue weighted by molar-refractivity contribution is 0.0703. The Morgan fingerprint density at radius 2 is 2.05 bits per heavy atom. The van der Waals surface area contributed by atoms with Gasteiger partial charge in [0.25, 0.3) is 0 Å². The molecule has 1 amide bonds. The molecule has 0 radical (unpaired) electrons. The first-order valence-electron chi connectivity index (χ1n) is 6.49. The molecule has 1 aromatic heterocycles. The smallest absolute Gasteiger partial charge is 0.412 e. The second kappa shape index (κ2) is 6.91. The number of benzene rings is 1. The monoisotopic (exact) mass is 317 g/mol. The number of hydrogen-bond donors (Lipinski definition) is 2. The van der Waals surface area contributed by atoms with E-state index < -0.39 is 12.1 Å². The number of ether oxygens (including phenoxy) is 1. The van der Waals surface area contributed by atoms with Gasteiger partial charge in [-0.15, -0.1) is 11.3 Å². The third-order valence-corrected chi connectivity index (χ3v) is 4.08. The molecule has 0 aliphatic rings. The standard InChI is InChI=1S/C16H15NO4S/c1-3-12-10(2)22-14(15(18)19)13(12)17-16(20)21-9-11-7-5-4-6-8-11/h3-8H,1,9H2,2H3,(H,17,20)(H,18,19). The Hall–Kier alpha value is -2.60. The minimum absolute atomic E-state index is 0.0593. The number of carbonyl (C=O) groups is 2. The van der Waals surface area contributed by atoms with Crippen LogP contribution in [0.2, 0.25) is 0 Å². The predicted octanol–water partition coefficient (Wildman–Crippen LogP) is 4.15. The quantitative estimate of drug-likeness (QED) is 0.868. The van der Waals surface area contributed by atoms with Crippen molar-refractivity contribution in [3.8, 4) is 0 Å². The zero-order valence-electron chi connectivity index (χ0n) is 12.0. The van der Waals surface area contributed by atoms with Crippen LogP contribution in [0.4, 0.5) is 10.5 Å². The Kier molecular flexibility index (Phi) is 4.95. The summed E-state index contributed by atoms with van der Waals surface area (Å²) in [7, 11) is 0. The largest absolute Gasteiger partial charge is 0.477 e. The lowest BCUT2D eigenvalue weighted by Gasteiger charge is -2.08. The van der Waals surface area contributed by atoms with Gasteiger partial charge in [0, 0.05) is 10.4 Å². The van der Waals surface area contributed by atoms with E-state index in [4.69, 9.17) is 4.74 Å². The second-order valence-corrected chi connectivity index (χ2v) is 5.70. The van der Waals surface area contributed by atoms with Crippen LogP contribution in [0.1, 0.15) is 25.7 Å². The number of rotatable bonds is 5. The highest BCUT2D eigenvalue weighted by atomic mass is 32.1. The maximum absolute atomic E-state index is 11.9. The van der Waals surface area contributed by atoms with Gasteiger partial charge in [0.15, 0.2) is 0 Å². The second-order valence-electron chi connectivity index (χ2n) is 4.47. The van der Waals surface area contributed by atoms with Crippen molar-refractivity contribution in [3.63, 3.8) is 0 Å². The SMILES string of the molecule is C=Cc1c(C)sc(C(=O)O)c1NC(=O)OCc1ccccc1. The van der Waals surface area contributed by atoms with Gasteiger partial charge in [-0.2, -0.15) is 0 Å². The summed E-state index contributed by atoms with van der Waals surface area (Å²) >= 11 is 1.09. The summed E-state index contributed by atoms with van der Waals surface area (Å²) in [6.45, 7) is 5.53. The fourth-order valence-corrected chi connectivity index (χ4v) is 2.89. The Labute approximate surface area is 131 Å². The van der Waals surface area contributed by atoms with E-state index in [0.29, 0.717) is 5.56 Å². The molecule has 0 aliphatic carbocycles. The molecular weight excluding hydrogens is 302 g/mol. The molecule has 0 aliphatic heterocycles. The van der Waals surface area contributed by atoms with E-state index in [0.717, 1.165) is 21.8 Å². The van der Waals surface area contributed by atoms with E-state index in [-0.39, 0.29) is 17.2 Å². The fourth-order valence-electron chi connectivity index (χ4n) is 1.94. The zero-order valence-corrected chi connectivity index (χ0v) is 12.8. The Balaban J connectivity index is 2.11. The number of aromatic carboxylic acids is 1. The van der Waals surface area contributed by atoms with Crippen molar-refractivity contribution in [1.82, 2.24) is 0 Å². The molecule has 2 N–H and O–H groups in total. The van der Waals surface area contributed by atoms with Gasteiger partial charge in [-0.1, -0.05) is 43.0 Å². The molecule has 6 heteroatoms. The minimum atomic E-state index is -1.10. The van der Waals surface area contributed by atoms with Gasteiger partial charge < -0.3 is 9.84 Å². The lowest BCUT2D eigenvalue weighted by Crippen LogP contribution is -2.15. The molecule has 0 unspecified atom stereocenters. The fraction of sp³-hybridized carbons (Fsp3) is 0.125. The van der Waals surface area contributed by atoms with Crippen LogP contribution in [-0.2, 0) is 11.3 Å². The molecule has 0 bridgehead atoms. The van der Waals surface area contributed by atoms with E-state index >= 15 is 0 Å². The molecule has 0 spiro atoms. The number of nitrogens with one attached hydrogen (secondary N) is 1. The highest BCUT2D eigenvalue weighted by Gasteiger charge is 2.21. The molecule has 2 rings (SSSR count). The summed E-state index contributed by atoms with van der Waals surface area (Å²) in [6.07, 6.45) is 0.817. The molecule has 2 aromatic rings. The zero-order chi connectivity index (χ0) is 16.1. The summed E-state index contributed by atoms with van der Waals surface area (Å²) in [5.74, 6) is -1.10. The summed E-state index contributed by atoms with van der Waals surface area (Å²) in [4.78, 5) is 24.0. The van der Waals surface area contributed by atoms with Gasteiger partial charge in [0.2, 0.25) is 0 Å². The van der Waals surface area contributed by atoms with Gasteiger partial charge in [-0.3, -0.25) is 5.32 Å². The molecule has 114 valence electrons. The average Bonchev–Trinajstić information content (AvgIpc) is 2.82. The van der Waals surface area contributed by atoms with Crippen molar-refractivity contribution in [1.29, 1.82) is 0 Å². The van der Waals surface area contributed by atoms with Crippen LogP contribution in [0.15, 0.2) is 36.9 Å². The third kappa shape index (κ3) is 3.53. The van der Waals surface area contributed by atoms with Crippen molar-refractivity contribution in [2.24, 2.45) is 0 Å². The van der Waals surface area contributed by atoms with Crippen molar-refractivity contribution >= 4 is 35.2 Å². The van der Waals surface area contributed by atoms with Crippen LogP contribution < -0.4 is 5.32 Å². The topological polar surface area (TPSA) is 75.6 Å². The van der Waals surface area contributed by atoms with E-state index in [1.165, 1.54) is 6.08 Å². The van der Waals surface area contributed by atoms with Crippen LogP contribution in [0.5, 0.6) is 0 Å². The van der Waals surface area contributed by atoms with Crippen molar-refractivity contribution in [3.05, 3.63) is 57.8 Å². The van der Waals surface area contributed by atoms with Crippen LogP contribution in [0, 0.1) is 6.92 Å². The molecule has 0 saturated carbocycles. The normalized spacial score (nSPS) is 10.0. The molecule has 1 aromatic carbocycles. The summed E-state index contributed by atoms with van der Waals surface area (Å²) < 4.78 is 5.10. The van der Waals surface area contributed by atoms with Crippen molar-refractivity contribution in [2.45, 2.75) is 13.5 Å². The summed E-state index contributed by atoms with van der Waals surface area (Å²) in [5.41, 5.74) is 1.67. The van der Waals surface area contributed by atoms with Gasteiger partial charge in [0.1, 0.15) is 11.5 Å². The van der Waals surface area contributed by atoms with Gasteiger partial charge in [-0.05, 0) is 12.5 Å². The Morgan fingerprint density at radius 3 is 2.64 bits per heavy atom. The van der Waals surface area contributed by atoms with Gasteiger partial charge in [0.05, 0.1) is 5.69 Å². The number of thiophene rings is 1. The number of carboxylic acid groups (broad SMARTS) is 1. The molecule has 0 fully saturated rings. The van der Waals surface area contributed by atoms with Crippen molar-refractivity contribution in [2.75, 3.05) is 5.32 Å². The number of hydrogen-bond acceptors (Lipinski definition) is 4. The van der Waals surface area contributed by atoms with Crippen molar-refractivity contribution < 1.29 is 19.4 Å². The highest BCUT2D eigenvalue weighted by molar-refractivity contribution is 7.14. The maximum atomic E-state index is 11.9. The number of anilines is 1. The predicted molar refractivity (Wildman–Crippen MR) is 86.4 cm³/mol. The Bertz CT molecular complexity index is 706. The first-order valence-corrected chi connectivity index (χ1v) is 7.31. The van der Waals surface area contributed by atoms with Crippen LogP contribution in [0.3, 0.4) is 0 Å². The molecule has 1 heterocycles. The molecule has 22 heavy (non-hydrogen) atoms. The van der Waals surface area contributed by atoms with E-state index in [1.807, 2.05) is 30.3 Å². The summed E-state index contributed by atoms with van der Waals surface area (Å²) in [6, 6.07) is 9.22. The molecular formula is C16H15NO4S. The number of amides is 1. The van der Waals surface area contributed by atoms with Crippen LogP contribution in [0.25, 0.3) is 6.08 Å². The number of carboxylic acids is 1. The minimum Gasteiger partial charge on any atom is -0.477 e. The maximum Gasteiger partial charge on any atom is 0.412 e. The third-order valence-electron chi connectivity index (χ3n) is 2.97. The lowest BCUT2D eigenvalue weighted by atomic mass is 10.2. The van der Waals surface area contributed by atoms with Gasteiger partial charge in [-0.25, -0.2) is 9.59 Å². The molecule has 5 nitrogen and oxygen atoms in total. The van der Waals surface area contributed by atoms with Crippen LogP contribution >= 0.6 is 11.3 Å².